The molecule has 1 rings (SSSR count). The molecule has 3 heteroatoms. The Morgan fingerprint density at radius 1 is 1.38 bits per heavy atom. The van der Waals surface area contributed by atoms with E-state index in [1.54, 1.807) is 0 Å². The number of benzene rings is 1. The number of carbonyl (C=O) groups is 1. The van der Waals surface area contributed by atoms with Crippen molar-refractivity contribution >= 4 is 21.9 Å². The Bertz CT molecular complexity index is 399. The molecule has 0 aliphatic rings. The van der Waals surface area contributed by atoms with Gasteiger partial charge in [-0.25, -0.2) is 0 Å². The topological polar surface area (TPSA) is 37.3 Å². The predicted octanol–water partition coefficient (Wildman–Crippen LogP) is 4.03. The average Bonchev–Trinajstić information content (AvgIpc) is 2.20. The smallest absolute Gasteiger partial charge is 0.303 e. The maximum atomic E-state index is 10.5. The Labute approximate surface area is 105 Å². The van der Waals surface area contributed by atoms with E-state index in [0.29, 0.717) is 12.3 Å². The Balaban J connectivity index is 2.86. The average molecular weight is 285 g/mol. The summed E-state index contributed by atoms with van der Waals surface area (Å²) in [5.74, 6) is -0.429. The number of hydrogen-bond donors (Lipinski definition) is 1. The van der Waals surface area contributed by atoms with Crippen LogP contribution in [0.5, 0.6) is 0 Å². The number of hydrogen-bond acceptors (Lipinski definition) is 1. The predicted molar refractivity (Wildman–Crippen MR) is 68.9 cm³/mol. The van der Waals surface area contributed by atoms with Crippen LogP contribution in [0.1, 0.15) is 42.4 Å². The fraction of sp³-hybridized carbons (Fsp3) is 0.462. The molecule has 0 bridgehead atoms. The number of aryl methyl sites for hydroxylation is 2. The molecule has 1 aromatic carbocycles. The summed E-state index contributed by atoms with van der Waals surface area (Å²) in [5.41, 5.74) is 3.67. The number of carboxylic acid groups (broad SMARTS) is 1. The van der Waals surface area contributed by atoms with E-state index >= 15 is 0 Å². The molecule has 0 radical (unpaired) electrons. The Kier molecular flexibility index (Phi) is 4.54. The second-order valence-corrected chi connectivity index (χ2v) is 5.15. The molecule has 0 amide bonds. The lowest BCUT2D eigenvalue weighted by Gasteiger charge is -2.15. The molecule has 1 unspecified atom stereocenters. The van der Waals surface area contributed by atoms with Crippen LogP contribution < -0.4 is 0 Å². The third kappa shape index (κ3) is 3.34. The van der Waals surface area contributed by atoms with Crippen molar-refractivity contribution in [2.75, 3.05) is 0 Å². The van der Waals surface area contributed by atoms with Crippen molar-refractivity contribution in [2.24, 2.45) is 0 Å². The van der Waals surface area contributed by atoms with E-state index < -0.39 is 5.97 Å². The first-order valence-corrected chi connectivity index (χ1v) is 6.19. The zero-order chi connectivity index (χ0) is 12.3. The highest BCUT2D eigenvalue weighted by Crippen LogP contribution is 2.28. The van der Waals surface area contributed by atoms with Crippen molar-refractivity contribution in [1.82, 2.24) is 0 Å². The molecule has 0 saturated heterocycles. The quantitative estimate of drug-likeness (QED) is 0.906. The van der Waals surface area contributed by atoms with Crippen LogP contribution in [0.2, 0.25) is 0 Å². The minimum Gasteiger partial charge on any atom is -0.481 e. The number of carboxylic acids is 1. The Morgan fingerprint density at radius 3 is 2.56 bits per heavy atom. The summed E-state index contributed by atoms with van der Waals surface area (Å²) < 4.78 is 1.11. The van der Waals surface area contributed by atoms with E-state index in [1.807, 2.05) is 0 Å². The lowest BCUT2D eigenvalue weighted by molar-refractivity contribution is -0.137. The minimum atomic E-state index is -0.724. The fourth-order valence-corrected chi connectivity index (χ4v) is 2.29. The van der Waals surface area contributed by atoms with E-state index in [9.17, 15) is 4.79 Å². The fourth-order valence-electron chi connectivity index (χ4n) is 1.83. The van der Waals surface area contributed by atoms with Gasteiger partial charge in [0, 0.05) is 10.9 Å². The van der Waals surface area contributed by atoms with Gasteiger partial charge in [-0.05, 0) is 48.9 Å². The third-order valence-corrected chi connectivity index (χ3v) is 3.72. The monoisotopic (exact) mass is 284 g/mol. The van der Waals surface area contributed by atoms with E-state index in [1.165, 1.54) is 16.7 Å². The van der Waals surface area contributed by atoms with Crippen LogP contribution in [0, 0.1) is 13.8 Å². The molecule has 16 heavy (non-hydrogen) atoms. The molecule has 1 N–H and O–H groups in total. The highest BCUT2D eigenvalue weighted by Gasteiger charge is 2.11. The molecule has 0 heterocycles. The molecule has 1 aromatic rings. The highest BCUT2D eigenvalue weighted by molar-refractivity contribution is 9.10. The van der Waals surface area contributed by atoms with Gasteiger partial charge in [-0.15, -0.1) is 0 Å². The molecule has 88 valence electrons. The van der Waals surface area contributed by atoms with Crippen molar-refractivity contribution < 1.29 is 9.90 Å². The van der Waals surface area contributed by atoms with Gasteiger partial charge < -0.3 is 5.11 Å². The van der Waals surface area contributed by atoms with Crippen molar-refractivity contribution in [3.05, 3.63) is 33.3 Å². The van der Waals surface area contributed by atoms with E-state index in [4.69, 9.17) is 5.11 Å². The summed E-state index contributed by atoms with van der Waals surface area (Å²) in [5, 5.41) is 8.67. The summed E-state index contributed by atoms with van der Waals surface area (Å²) >= 11 is 3.50. The van der Waals surface area contributed by atoms with Gasteiger partial charge >= 0.3 is 5.97 Å². The molecule has 2 nitrogen and oxygen atoms in total. The van der Waals surface area contributed by atoms with E-state index in [2.05, 4.69) is 48.8 Å². The summed E-state index contributed by atoms with van der Waals surface area (Å²) in [6.07, 6.45) is 0.924. The molecule has 0 aromatic heterocycles. The lowest BCUT2D eigenvalue weighted by Crippen LogP contribution is -2.02. The lowest BCUT2D eigenvalue weighted by atomic mass is 9.91. The zero-order valence-corrected chi connectivity index (χ0v) is 11.5. The van der Waals surface area contributed by atoms with Gasteiger partial charge in [0.15, 0.2) is 0 Å². The first kappa shape index (κ1) is 13.2. The van der Waals surface area contributed by atoms with Crippen molar-refractivity contribution in [1.29, 1.82) is 0 Å². The number of halogens is 1. The van der Waals surface area contributed by atoms with Gasteiger partial charge in [0.1, 0.15) is 0 Å². The molecule has 0 saturated carbocycles. The summed E-state index contributed by atoms with van der Waals surface area (Å²) in [6.45, 7) is 6.20. The molecule has 0 fully saturated rings. The second-order valence-electron chi connectivity index (χ2n) is 4.29. The third-order valence-electron chi connectivity index (χ3n) is 2.87. The van der Waals surface area contributed by atoms with Crippen molar-refractivity contribution in [3.63, 3.8) is 0 Å². The molecule has 0 aliphatic carbocycles. The number of aliphatic carboxylic acids is 1. The first-order chi connectivity index (χ1) is 7.41. The van der Waals surface area contributed by atoms with Crippen molar-refractivity contribution in [2.45, 2.75) is 39.5 Å². The van der Waals surface area contributed by atoms with Crippen molar-refractivity contribution in [3.8, 4) is 0 Å². The molecular formula is C13H17BrO2. The van der Waals surface area contributed by atoms with Crippen LogP contribution in [0.25, 0.3) is 0 Å². The standard InChI is InChI=1S/C13H17BrO2/c1-8(4-5-13(15)16)11-6-10(3)12(14)7-9(11)2/h6-8H,4-5H2,1-3H3,(H,15,16). The summed E-state index contributed by atoms with van der Waals surface area (Å²) in [6, 6.07) is 4.24. The largest absolute Gasteiger partial charge is 0.481 e. The Hall–Kier alpha value is -0.830. The molecule has 1 atom stereocenters. The maximum absolute atomic E-state index is 10.5. The van der Waals surface area contributed by atoms with Crippen LogP contribution in [0.15, 0.2) is 16.6 Å². The van der Waals surface area contributed by atoms with Gasteiger partial charge in [-0.2, -0.15) is 0 Å². The Morgan fingerprint density at radius 2 is 2.00 bits per heavy atom. The van der Waals surface area contributed by atoms with Gasteiger partial charge in [0.05, 0.1) is 0 Å². The molecule has 0 spiro atoms. The summed E-state index contributed by atoms with van der Waals surface area (Å²) in [4.78, 5) is 10.5. The van der Waals surface area contributed by atoms with Crippen LogP contribution in [0.3, 0.4) is 0 Å². The zero-order valence-electron chi connectivity index (χ0n) is 9.88. The van der Waals surface area contributed by atoms with Gasteiger partial charge in [-0.3, -0.25) is 4.79 Å². The van der Waals surface area contributed by atoms with Crippen LogP contribution in [0.4, 0.5) is 0 Å². The first-order valence-electron chi connectivity index (χ1n) is 5.40. The van der Waals surface area contributed by atoms with E-state index in [0.717, 1.165) is 4.47 Å². The van der Waals surface area contributed by atoms with Gasteiger partial charge in [0.2, 0.25) is 0 Å². The van der Waals surface area contributed by atoms with Crippen LogP contribution in [-0.4, -0.2) is 11.1 Å². The molecule has 0 aliphatic heterocycles. The number of rotatable bonds is 4. The minimum absolute atomic E-state index is 0.232. The maximum Gasteiger partial charge on any atom is 0.303 e. The van der Waals surface area contributed by atoms with Gasteiger partial charge in [-0.1, -0.05) is 28.9 Å². The van der Waals surface area contributed by atoms with Crippen LogP contribution >= 0.6 is 15.9 Å². The second kappa shape index (κ2) is 5.48. The SMILES string of the molecule is Cc1cc(C(C)CCC(=O)O)c(C)cc1Br. The van der Waals surface area contributed by atoms with Crippen LogP contribution in [-0.2, 0) is 4.79 Å². The normalized spacial score (nSPS) is 12.5. The van der Waals surface area contributed by atoms with E-state index in [-0.39, 0.29) is 6.42 Å². The summed E-state index contributed by atoms with van der Waals surface area (Å²) in [7, 11) is 0. The highest BCUT2D eigenvalue weighted by atomic mass is 79.9. The van der Waals surface area contributed by atoms with Gasteiger partial charge in [0.25, 0.3) is 0 Å². The molecular weight excluding hydrogens is 268 g/mol.